The zero-order valence-electron chi connectivity index (χ0n) is 14.2. The number of amides is 2. The van der Waals surface area contributed by atoms with E-state index in [9.17, 15) is 9.59 Å². The van der Waals surface area contributed by atoms with Crippen molar-refractivity contribution in [2.24, 2.45) is 0 Å². The predicted octanol–water partition coefficient (Wildman–Crippen LogP) is 2.50. The third-order valence-corrected chi connectivity index (χ3v) is 5.32. The summed E-state index contributed by atoms with van der Waals surface area (Å²) in [7, 11) is 0. The highest BCUT2D eigenvalue weighted by atomic mass is 32.1. The third-order valence-electron chi connectivity index (χ3n) is 4.24. The van der Waals surface area contributed by atoms with Crippen molar-refractivity contribution in [2.75, 3.05) is 18.4 Å². The first-order chi connectivity index (χ1) is 12.1. The van der Waals surface area contributed by atoms with Crippen molar-refractivity contribution in [1.82, 2.24) is 15.6 Å². The number of thiazole rings is 1. The van der Waals surface area contributed by atoms with E-state index in [1.165, 1.54) is 11.8 Å². The normalized spacial score (nSPS) is 14.9. The van der Waals surface area contributed by atoms with Gasteiger partial charge in [0.05, 0.1) is 0 Å². The summed E-state index contributed by atoms with van der Waals surface area (Å²) in [5.74, 6) is 0.296. The number of aromatic nitrogens is 1. The molecule has 3 rings (SSSR count). The molecule has 0 bridgehead atoms. The van der Waals surface area contributed by atoms with Crippen molar-refractivity contribution in [3.05, 3.63) is 46.5 Å². The molecule has 2 aromatic rings. The van der Waals surface area contributed by atoms with Gasteiger partial charge in [0.25, 0.3) is 5.91 Å². The Bertz CT molecular complexity index is 736. The highest BCUT2D eigenvalue weighted by Crippen LogP contribution is 2.31. The molecule has 2 amide bonds. The van der Waals surface area contributed by atoms with Gasteiger partial charge in [0.2, 0.25) is 5.91 Å². The number of nitrogens with zero attached hydrogens (tertiary/aromatic N) is 1. The quantitative estimate of drug-likeness (QED) is 0.767. The Morgan fingerprint density at radius 1 is 1.24 bits per heavy atom. The molecule has 132 valence electrons. The molecule has 0 aliphatic carbocycles. The fourth-order valence-corrected chi connectivity index (χ4v) is 3.79. The minimum atomic E-state index is -0.169. The Morgan fingerprint density at radius 3 is 2.64 bits per heavy atom. The highest BCUT2D eigenvalue weighted by Gasteiger charge is 2.18. The summed E-state index contributed by atoms with van der Waals surface area (Å²) >= 11 is 1.56. The van der Waals surface area contributed by atoms with E-state index in [4.69, 9.17) is 0 Å². The maximum absolute atomic E-state index is 12.4. The van der Waals surface area contributed by atoms with Crippen LogP contribution in [0.3, 0.4) is 0 Å². The SMILES string of the molecule is CC(=O)NCc1ccc(C(=O)Nc2ncc(C3CCNCC3)s2)cc1. The van der Waals surface area contributed by atoms with Crippen LogP contribution in [0.25, 0.3) is 0 Å². The highest BCUT2D eigenvalue weighted by molar-refractivity contribution is 7.15. The second-order valence-corrected chi connectivity index (χ2v) is 7.22. The zero-order valence-corrected chi connectivity index (χ0v) is 15.0. The van der Waals surface area contributed by atoms with Gasteiger partial charge in [-0.2, -0.15) is 0 Å². The molecule has 7 heteroatoms. The Kier molecular flexibility index (Phi) is 5.78. The van der Waals surface area contributed by atoms with Gasteiger partial charge in [0, 0.05) is 30.1 Å². The third kappa shape index (κ3) is 4.87. The average Bonchev–Trinajstić information content (AvgIpc) is 3.09. The Balaban J connectivity index is 1.58. The maximum Gasteiger partial charge on any atom is 0.257 e. The van der Waals surface area contributed by atoms with Gasteiger partial charge in [0.15, 0.2) is 5.13 Å². The standard InChI is InChI=1S/C18H22N4O2S/c1-12(23)20-10-13-2-4-15(5-3-13)17(24)22-18-21-11-16(25-18)14-6-8-19-9-7-14/h2-5,11,14,19H,6-10H2,1H3,(H,20,23)(H,21,22,24). The van der Waals surface area contributed by atoms with Crippen LogP contribution in [-0.2, 0) is 11.3 Å². The molecule has 0 saturated carbocycles. The van der Waals surface area contributed by atoms with Crippen LogP contribution in [0.5, 0.6) is 0 Å². The molecule has 1 aromatic heterocycles. The lowest BCUT2D eigenvalue weighted by Crippen LogP contribution is -2.26. The van der Waals surface area contributed by atoms with Gasteiger partial charge in [-0.05, 0) is 49.5 Å². The van der Waals surface area contributed by atoms with Crippen LogP contribution in [0.15, 0.2) is 30.5 Å². The minimum Gasteiger partial charge on any atom is -0.352 e. The van der Waals surface area contributed by atoms with E-state index in [0.29, 0.717) is 23.2 Å². The molecular weight excluding hydrogens is 336 g/mol. The first-order valence-corrected chi connectivity index (χ1v) is 9.24. The Morgan fingerprint density at radius 2 is 1.96 bits per heavy atom. The van der Waals surface area contributed by atoms with Crippen LogP contribution >= 0.6 is 11.3 Å². The smallest absolute Gasteiger partial charge is 0.257 e. The molecule has 0 unspecified atom stereocenters. The van der Waals surface area contributed by atoms with Gasteiger partial charge in [0.1, 0.15) is 0 Å². The van der Waals surface area contributed by atoms with Crippen LogP contribution in [0.1, 0.15) is 46.5 Å². The lowest BCUT2D eigenvalue weighted by molar-refractivity contribution is -0.119. The molecule has 3 N–H and O–H groups in total. The number of piperidine rings is 1. The van der Waals surface area contributed by atoms with Gasteiger partial charge < -0.3 is 10.6 Å². The molecule has 1 aliphatic heterocycles. The average molecular weight is 358 g/mol. The summed E-state index contributed by atoms with van der Waals surface area (Å²) < 4.78 is 0. The lowest BCUT2D eigenvalue weighted by Gasteiger charge is -2.20. The zero-order chi connectivity index (χ0) is 17.6. The second kappa shape index (κ2) is 8.22. The fourth-order valence-electron chi connectivity index (χ4n) is 2.81. The van der Waals surface area contributed by atoms with Gasteiger partial charge >= 0.3 is 0 Å². The topological polar surface area (TPSA) is 83.1 Å². The van der Waals surface area contributed by atoms with Crippen LogP contribution in [0.4, 0.5) is 5.13 Å². The van der Waals surface area contributed by atoms with Crippen molar-refractivity contribution >= 4 is 28.3 Å². The Labute approximate surface area is 151 Å². The van der Waals surface area contributed by atoms with Gasteiger partial charge in [-0.3, -0.25) is 14.9 Å². The number of nitrogens with one attached hydrogen (secondary N) is 3. The van der Waals surface area contributed by atoms with Gasteiger partial charge in [-0.25, -0.2) is 4.98 Å². The van der Waals surface area contributed by atoms with Crippen LogP contribution in [-0.4, -0.2) is 29.9 Å². The van der Waals surface area contributed by atoms with E-state index in [-0.39, 0.29) is 11.8 Å². The van der Waals surface area contributed by atoms with Crippen molar-refractivity contribution in [3.8, 4) is 0 Å². The monoisotopic (exact) mass is 358 g/mol. The van der Waals surface area contributed by atoms with Crippen molar-refractivity contribution in [2.45, 2.75) is 32.2 Å². The van der Waals surface area contributed by atoms with Crippen LogP contribution < -0.4 is 16.0 Å². The van der Waals surface area contributed by atoms with Gasteiger partial charge in [-0.1, -0.05) is 12.1 Å². The van der Waals surface area contributed by atoms with Crippen molar-refractivity contribution in [1.29, 1.82) is 0 Å². The van der Waals surface area contributed by atoms with E-state index in [1.807, 2.05) is 18.3 Å². The first kappa shape index (κ1) is 17.6. The van der Waals surface area contributed by atoms with E-state index in [2.05, 4.69) is 20.9 Å². The number of hydrogen-bond donors (Lipinski definition) is 3. The fraction of sp³-hybridized carbons (Fsp3) is 0.389. The number of hydrogen-bond acceptors (Lipinski definition) is 5. The van der Waals surface area contributed by atoms with E-state index >= 15 is 0 Å². The summed E-state index contributed by atoms with van der Waals surface area (Å²) in [6, 6.07) is 7.20. The summed E-state index contributed by atoms with van der Waals surface area (Å²) in [6.07, 6.45) is 4.11. The number of benzene rings is 1. The second-order valence-electron chi connectivity index (χ2n) is 6.15. The molecule has 6 nitrogen and oxygen atoms in total. The molecule has 0 radical (unpaired) electrons. The van der Waals surface area contributed by atoms with Crippen molar-refractivity contribution in [3.63, 3.8) is 0 Å². The lowest BCUT2D eigenvalue weighted by atomic mass is 9.97. The molecule has 2 heterocycles. The maximum atomic E-state index is 12.4. The van der Waals surface area contributed by atoms with E-state index in [0.717, 1.165) is 31.5 Å². The summed E-state index contributed by atoms with van der Waals surface area (Å²) in [4.78, 5) is 28.9. The number of rotatable bonds is 5. The summed E-state index contributed by atoms with van der Waals surface area (Å²) in [5, 5.41) is 9.60. The van der Waals surface area contributed by atoms with Crippen molar-refractivity contribution < 1.29 is 9.59 Å². The molecule has 1 fully saturated rings. The Hall–Kier alpha value is -2.25. The van der Waals surface area contributed by atoms with Gasteiger partial charge in [-0.15, -0.1) is 11.3 Å². The molecular formula is C18H22N4O2S. The van der Waals surface area contributed by atoms with E-state index < -0.39 is 0 Å². The van der Waals surface area contributed by atoms with Crippen LogP contribution in [0.2, 0.25) is 0 Å². The van der Waals surface area contributed by atoms with E-state index in [1.54, 1.807) is 23.5 Å². The largest absolute Gasteiger partial charge is 0.352 e. The molecule has 0 spiro atoms. The number of carbonyl (C=O) groups is 2. The molecule has 0 atom stereocenters. The summed E-state index contributed by atoms with van der Waals surface area (Å²) in [5.41, 5.74) is 1.53. The molecule has 25 heavy (non-hydrogen) atoms. The first-order valence-electron chi connectivity index (χ1n) is 8.43. The minimum absolute atomic E-state index is 0.0739. The molecule has 1 saturated heterocycles. The summed E-state index contributed by atoms with van der Waals surface area (Å²) in [6.45, 7) is 4.02. The number of carbonyl (C=O) groups excluding carboxylic acids is 2. The molecule has 1 aliphatic rings. The van der Waals surface area contributed by atoms with Crippen LogP contribution in [0, 0.1) is 0 Å². The predicted molar refractivity (Wildman–Crippen MR) is 98.9 cm³/mol. The number of anilines is 1. The molecule has 1 aromatic carbocycles.